The molecule has 0 radical (unpaired) electrons. The number of rotatable bonds is 0. The molecule has 0 heterocycles. The summed E-state index contributed by atoms with van der Waals surface area (Å²) in [5.74, 6) is 0. The van der Waals surface area contributed by atoms with Gasteiger partial charge in [-0.2, -0.15) is 0 Å². The van der Waals surface area contributed by atoms with Crippen molar-refractivity contribution in [2.24, 2.45) is 0 Å². The average Bonchev–Trinajstić information content (AvgIpc) is 0.811. The first kappa shape index (κ1) is 23.8. The van der Waals surface area contributed by atoms with Crippen LogP contribution in [0.5, 0.6) is 0 Å². The van der Waals surface area contributed by atoms with Crippen molar-refractivity contribution in [3.8, 4) is 0 Å². The summed E-state index contributed by atoms with van der Waals surface area (Å²) in [6.07, 6.45) is 0. The third kappa shape index (κ3) is 112. The van der Waals surface area contributed by atoms with Gasteiger partial charge in [-0.25, -0.2) is 0 Å². The average molecular weight is 182 g/mol. The van der Waals surface area contributed by atoms with E-state index >= 15 is 0 Å². The van der Waals surface area contributed by atoms with Crippen LogP contribution in [0.4, 0.5) is 0 Å². The zero-order valence-corrected chi connectivity index (χ0v) is 7.71. The van der Waals surface area contributed by atoms with Crippen LogP contribution in [0.1, 0.15) is 0 Å². The SMILES string of the molecule is Br.N.[Na+].[O-]B(O)O. The molecule has 0 atom stereocenters. The molecule has 0 aliphatic heterocycles. The van der Waals surface area contributed by atoms with Gasteiger partial charge >= 0.3 is 36.9 Å². The van der Waals surface area contributed by atoms with Gasteiger partial charge < -0.3 is 21.2 Å². The van der Waals surface area contributed by atoms with Crippen LogP contribution >= 0.6 is 17.0 Å². The Balaban J connectivity index is -0.0000000150. The first-order chi connectivity index (χ1) is 1.73. The Bertz CT molecular complexity index is 19.7. The summed E-state index contributed by atoms with van der Waals surface area (Å²) in [6, 6.07) is 0. The van der Waals surface area contributed by atoms with Gasteiger partial charge in [0, 0.05) is 0 Å². The summed E-state index contributed by atoms with van der Waals surface area (Å²) in [5, 5.41) is 22.8. The van der Waals surface area contributed by atoms with Crippen LogP contribution in [-0.2, 0) is 0 Å². The quantitative estimate of drug-likeness (QED) is 0.326. The molecule has 0 aromatic heterocycles. The molecule has 0 aliphatic carbocycles. The molecule has 7 heteroatoms. The molecule has 0 saturated heterocycles. The van der Waals surface area contributed by atoms with Crippen molar-refractivity contribution in [2.45, 2.75) is 0 Å². The molecule has 5 N–H and O–H groups in total. The molecular formula is H6BBrNNaO3. The number of hydrogen-bond acceptors (Lipinski definition) is 4. The second-order valence-electron chi connectivity index (χ2n) is 0.326. The van der Waals surface area contributed by atoms with Gasteiger partial charge in [-0.3, -0.25) is 0 Å². The molecule has 4 nitrogen and oxygen atoms in total. The maximum Gasteiger partial charge on any atom is 1.00 e. The van der Waals surface area contributed by atoms with Gasteiger partial charge in [0.15, 0.2) is 0 Å². The van der Waals surface area contributed by atoms with E-state index in [1.54, 1.807) is 0 Å². The van der Waals surface area contributed by atoms with E-state index in [0.717, 1.165) is 0 Å². The molecule has 0 spiro atoms. The zero-order valence-electron chi connectivity index (χ0n) is 4.00. The maximum absolute atomic E-state index is 8.64. The van der Waals surface area contributed by atoms with Gasteiger partial charge in [0.2, 0.25) is 0 Å². The maximum atomic E-state index is 8.64. The summed E-state index contributed by atoms with van der Waals surface area (Å²) in [4.78, 5) is 0. The Morgan fingerprint density at radius 3 is 1.29 bits per heavy atom. The van der Waals surface area contributed by atoms with Gasteiger partial charge in [0.25, 0.3) is 0 Å². The van der Waals surface area contributed by atoms with E-state index in [1.807, 2.05) is 0 Å². The molecular weight excluding hydrogens is 176 g/mol. The normalized spacial score (nSPS) is 3.86. The van der Waals surface area contributed by atoms with Gasteiger partial charge in [-0.15, -0.1) is 17.0 Å². The zero-order chi connectivity index (χ0) is 3.58. The van der Waals surface area contributed by atoms with Crippen molar-refractivity contribution < 1.29 is 44.6 Å². The Labute approximate surface area is 74.7 Å². The van der Waals surface area contributed by atoms with Crippen molar-refractivity contribution in [1.82, 2.24) is 6.15 Å². The Kier molecular flexibility index (Phi) is 53.2. The first-order valence-electron chi connectivity index (χ1n) is 0.752. The van der Waals surface area contributed by atoms with E-state index in [1.165, 1.54) is 0 Å². The van der Waals surface area contributed by atoms with Crippen LogP contribution in [0.2, 0.25) is 0 Å². The second-order valence-corrected chi connectivity index (χ2v) is 0.326. The third-order valence-electron chi connectivity index (χ3n) is 0. The molecule has 0 fully saturated rings. The van der Waals surface area contributed by atoms with Crippen molar-refractivity contribution in [3.05, 3.63) is 0 Å². The molecule has 0 bridgehead atoms. The minimum absolute atomic E-state index is 0. The molecule has 0 aliphatic rings. The molecule has 0 aromatic carbocycles. The van der Waals surface area contributed by atoms with Gasteiger partial charge in [-0.1, -0.05) is 0 Å². The number of hydrogen-bond donors (Lipinski definition) is 3. The van der Waals surface area contributed by atoms with Crippen LogP contribution < -0.4 is 40.7 Å². The second kappa shape index (κ2) is 15.7. The van der Waals surface area contributed by atoms with E-state index in [0.29, 0.717) is 0 Å². The Morgan fingerprint density at radius 1 is 1.29 bits per heavy atom. The monoisotopic (exact) mass is 181 g/mol. The molecule has 0 rings (SSSR count). The third-order valence-corrected chi connectivity index (χ3v) is 0. The van der Waals surface area contributed by atoms with Crippen molar-refractivity contribution >= 4 is 24.3 Å². The van der Waals surface area contributed by atoms with Gasteiger partial charge in [0.05, 0.1) is 0 Å². The molecule has 0 unspecified atom stereocenters. The van der Waals surface area contributed by atoms with Crippen LogP contribution in [0.15, 0.2) is 0 Å². The van der Waals surface area contributed by atoms with Gasteiger partial charge in [0.1, 0.15) is 0 Å². The van der Waals surface area contributed by atoms with Crippen molar-refractivity contribution in [2.75, 3.05) is 0 Å². The van der Waals surface area contributed by atoms with Crippen molar-refractivity contribution in [3.63, 3.8) is 0 Å². The smallest absolute Gasteiger partial charge is 0.832 e. The summed E-state index contributed by atoms with van der Waals surface area (Å²) < 4.78 is 0. The predicted octanol–water partition coefficient (Wildman–Crippen LogP) is -4.94. The summed E-state index contributed by atoms with van der Waals surface area (Å²) in [5.41, 5.74) is 0. The van der Waals surface area contributed by atoms with E-state index in [2.05, 4.69) is 0 Å². The van der Waals surface area contributed by atoms with Gasteiger partial charge in [-0.05, 0) is 0 Å². The van der Waals surface area contributed by atoms with E-state index in [9.17, 15) is 0 Å². The first-order valence-corrected chi connectivity index (χ1v) is 0.752. The number of halogens is 1. The minimum Gasteiger partial charge on any atom is -0.832 e. The van der Waals surface area contributed by atoms with Crippen LogP contribution in [-0.4, -0.2) is 17.4 Å². The fourth-order valence-electron chi connectivity index (χ4n) is 0. The topological polar surface area (TPSA) is 98.5 Å². The van der Waals surface area contributed by atoms with E-state index < -0.39 is 7.32 Å². The van der Waals surface area contributed by atoms with Crippen LogP contribution in [0.3, 0.4) is 0 Å². The standard InChI is InChI=1S/BH2O3.BrH.H3N.Na/c2-1(3)4;;;/h2-3H;1H;1H3;/q-1;;;+1. The molecule has 40 valence electrons. The summed E-state index contributed by atoms with van der Waals surface area (Å²) in [7, 11) is -2.42. The summed E-state index contributed by atoms with van der Waals surface area (Å²) >= 11 is 0. The fraction of sp³-hybridized carbons (Fsp3) is 0. The Hall–Kier alpha value is 1.38. The van der Waals surface area contributed by atoms with Crippen LogP contribution in [0.25, 0.3) is 0 Å². The molecule has 0 aromatic rings. The van der Waals surface area contributed by atoms with Crippen molar-refractivity contribution in [1.29, 1.82) is 0 Å². The largest absolute Gasteiger partial charge is 1.00 e. The molecule has 0 amide bonds. The fourth-order valence-corrected chi connectivity index (χ4v) is 0. The molecule has 0 saturated carbocycles. The Morgan fingerprint density at radius 2 is 1.29 bits per heavy atom. The van der Waals surface area contributed by atoms with E-state index in [-0.39, 0.29) is 52.7 Å². The van der Waals surface area contributed by atoms with E-state index in [4.69, 9.17) is 15.1 Å². The molecule has 7 heavy (non-hydrogen) atoms. The van der Waals surface area contributed by atoms with Crippen LogP contribution in [0, 0.1) is 0 Å². The minimum atomic E-state index is -2.42. The predicted molar refractivity (Wildman–Crippen MR) is 25.5 cm³/mol. The summed E-state index contributed by atoms with van der Waals surface area (Å²) in [6.45, 7) is 0.